The number of hydrogen-bond acceptors (Lipinski definition) is 4. The largest absolute Gasteiger partial charge is 0.481 e. The first kappa shape index (κ1) is 18.7. The number of nitrogens with zero attached hydrogens (tertiary/aromatic N) is 4. The zero-order valence-electron chi connectivity index (χ0n) is 16.1. The van der Waals surface area contributed by atoms with Crippen LogP contribution < -0.4 is 15.4 Å². The average Bonchev–Trinajstić information content (AvgIpc) is 3.02. The Morgan fingerprint density at radius 1 is 1.22 bits per heavy atom. The first-order valence-electron chi connectivity index (χ1n) is 9.06. The topological polar surface area (TPSA) is 76.4 Å². The Kier molecular flexibility index (Phi) is 6.25. The molecule has 3 aromatic rings. The number of aromatic nitrogens is 3. The van der Waals surface area contributed by atoms with Crippen LogP contribution in [-0.2, 0) is 13.1 Å². The molecule has 7 heteroatoms. The molecule has 0 aliphatic carbocycles. The van der Waals surface area contributed by atoms with Crippen LogP contribution in [0, 0.1) is 6.92 Å². The molecule has 0 aliphatic heterocycles. The lowest BCUT2D eigenvalue weighted by atomic mass is 10.2. The van der Waals surface area contributed by atoms with Crippen molar-refractivity contribution in [3.63, 3.8) is 0 Å². The summed E-state index contributed by atoms with van der Waals surface area (Å²) in [5.41, 5.74) is 3.32. The van der Waals surface area contributed by atoms with Crippen LogP contribution in [-0.4, -0.2) is 41.2 Å². The van der Waals surface area contributed by atoms with E-state index in [1.54, 1.807) is 20.4 Å². The van der Waals surface area contributed by atoms with E-state index in [0.717, 1.165) is 42.4 Å². The maximum Gasteiger partial charge on any atom is 0.213 e. The van der Waals surface area contributed by atoms with Gasteiger partial charge in [-0.15, -0.1) is 0 Å². The van der Waals surface area contributed by atoms with Crippen molar-refractivity contribution in [2.75, 3.05) is 20.7 Å². The molecule has 0 amide bonds. The molecule has 2 aromatic heterocycles. The summed E-state index contributed by atoms with van der Waals surface area (Å²) in [5.74, 6) is 2.43. The van der Waals surface area contributed by atoms with Gasteiger partial charge in [0.2, 0.25) is 5.88 Å². The molecule has 7 nitrogen and oxygen atoms in total. The molecule has 0 aliphatic rings. The van der Waals surface area contributed by atoms with Gasteiger partial charge in [-0.2, -0.15) is 0 Å². The summed E-state index contributed by atoms with van der Waals surface area (Å²) in [6, 6.07) is 12.1. The van der Waals surface area contributed by atoms with Gasteiger partial charge >= 0.3 is 0 Å². The van der Waals surface area contributed by atoms with Crippen LogP contribution in [0.5, 0.6) is 5.88 Å². The summed E-state index contributed by atoms with van der Waals surface area (Å²) in [6.45, 7) is 4.45. The van der Waals surface area contributed by atoms with Crippen molar-refractivity contribution >= 4 is 17.0 Å². The highest BCUT2D eigenvalue weighted by molar-refractivity contribution is 5.79. The predicted octanol–water partition coefficient (Wildman–Crippen LogP) is 2.50. The number of hydrogen-bond donors (Lipinski definition) is 2. The van der Waals surface area contributed by atoms with E-state index < -0.39 is 0 Å². The third kappa shape index (κ3) is 4.75. The van der Waals surface area contributed by atoms with Crippen LogP contribution in [0.3, 0.4) is 0 Å². The molecule has 0 radical (unpaired) electrons. The zero-order valence-corrected chi connectivity index (χ0v) is 16.1. The van der Waals surface area contributed by atoms with Crippen molar-refractivity contribution in [3.8, 4) is 5.88 Å². The lowest BCUT2D eigenvalue weighted by Gasteiger charge is -2.13. The van der Waals surface area contributed by atoms with Gasteiger partial charge in [0.25, 0.3) is 0 Å². The van der Waals surface area contributed by atoms with Crippen LogP contribution in [0.1, 0.15) is 17.8 Å². The van der Waals surface area contributed by atoms with Crippen molar-refractivity contribution in [2.24, 2.45) is 4.99 Å². The van der Waals surface area contributed by atoms with Crippen LogP contribution in [0.15, 0.2) is 47.6 Å². The van der Waals surface area contributed by atoms with E-state index in [1.165, 1.54) is 5.52 Å². The Labute approximate surface area is 159 Å². The fourth-order valence-corrected chi connectivity index (χ4v) is 3.00. The van der Waals surface area contributed by atoms with E-state index >= 15 is 0 Å². The number of fused-ring (bicyclic) bond motifs is 1. The quantitative estimate of drug-likeness (QED) is 0.382. The lowest BCUT2D eigenvalue weighted by molar-refractivity contribution is 0.397. The Balaban J connectivity index is 1.47. The van der Waals surface area contributed by atoms with E-state index in [-0.39, 0.29) is 0 Å². The highest BCUT2D eigenvalue weighted by Crippen LogP contribution is 2.15. The number of nitrogens with one attached hydrogen (secondary N) is 2. The summed E-state index contributed by atoms with van der Waals surface area (Å²) in [6.07, 6.45) is 2.72. The second-order valence-electron chi connectivity index (χ2n) is 6.21. The summed E-state index contributed by atoms with van der Waals surface area (Å²) in [5, 5.41) is 6.66. The van der Waals surface area contributed by atoms with Gasteiger partial charge in [0.1, 0.15) is 5.82 Å². The Hall–Kier alpha value is -3.09. The van der Waals surface area contributed by atoms with Gasteiger partial charge in [-0.05, 0) is 37.1 Å². The number of aryl methyl sites for hydroxylation is 2. The first-order chi connectivity index (χ1) is 13.2. The zero-order chi connectivity index (χ0) is 19.1. The molecule has 27 heavy (non-hydrogen) atoms. The van der Waals surface area contributed by atoms with E-state index in [0.29, 0.717) is 12.4 Å². The normalized spacial score (nSPS) is 11.6. The molecule has 2 N–H and O–H groups in total. The number of para-hydroxylation sites is 2. The fourth-order valence-electron chi connectivity index (χ4n) is 3.00. The van der Waals surface area contributed by atoms with Crippen molar-refractivity contribution in [2.45, 2.75) is 26.4 Å². The number of imidazole rings is 1. The van der Waals surface area contributed by atoms with Gasteiger partial charge in [0.15, 0.2) is 5.96 Å². The van der Waals surface area contributed by atoms with Crippen LogP contribution in [0.2, 0.25) is 0 Å². The van der Waals surface area contributed by atoms with Gasteiger partial charge < -0.3 is 19.9 Å². The van der Waals surface area contributed by atoms with Gasteiger partial charge in [-0.3, -0.25) is 4.99 Å². The summed E-state index contributed by atoms with van der Waals surface area (Å²) < 4.78 is 7.41. The van der Waals surface area contributed by atoms with E-state index in [4.69, 9.17) is 4.74 Å². The van der Waals surface area contributed by atoms with Crippen LogP contribution in [0.4, 0.5) is 0 Å². The van der Waals surface area contributed by atoms with Gasteiger partial charge in [0, 0.05) is 38.9 Å². The lowest BCUT2D eigenvalue weighted by Crippen LogP contribution is -2.37. The molecule has 3 rings (SSSR count). The third-order valence-electron chi connectivity index (χ3n) is 4.39. The maximum atomic E-state index is 5.15. The summed E-state index contributed by atoms with van der Waals surface area (Å²) in [4.78, 5) is 13.0. The summed E-state index contributed by atoms with van der Waals surface area (Å²) >= 11 is 0. The number of rotatable bonds is 7. The number of methoxy groups -OCH3 is 1. The first-order valence-corrected chi connectivity index (χ1v) is 9.06. The minimum absolute atomic E-state index is 0.611. The smallest absolute Gasteiger partial charge is 0.213 e. The number of aliphatic imine (C=N–C) groups is 1. The molecule has 2 heterocycles. The van der Waals surface area contributed by atoms with Crippen molar-refractivity contribution in [1.29, 1.82) is 0 Å². The Morgan fingerprint density at radius 2 is 2.07 bits per heavy atom. The molecular weight excluding hydrogens is 340 g/mol. The number of guanidine groups is 1. The number of benzene rings is 1. The average molecular weight is 366 g/mol. The van der Waals surface area contributed by atoms with Crippen LogP contribution >= 0.6 is 0 Å². The van der Waals surface area contributed by atoms with Gasteiger partial charge in [0.05, 0.1) is 18.1 Å². The van der Waals surface area contributed by atoms with Crippen molar-refractivity contribution < 1.29 is 4.74 Å². The van der Waals surface area contributed by atoms with Crippen molar-refractivity contribution in [3.05, 3.63) is 54.0 Å². The third-order valence-corrected chi connectivity index (χ3v) is 4.39. The van der Waals surface area contributed by atoms with E-state index in [1.807, 2.05) is 18.2 Å². The van der Waals surface area contributed by atoms with E-state index in [9.17, 15) is 0 Å². The summed E-state index contributed by atoms with van der Waals surface area (Å²) in [7, 11) is 3.39. The van der Waals surface area contributed by atoms with Gasteiger partial charge in [-0.1, -0.05) is 12.1 Å². The van der Waals surface area contributed by atoms with E-state index in [2.05, 4.69) is 55.3 Å². The standard InChI is InChI=1S/C20H26N6O/c1-15-25-17-7-4-5-8-18(17)26(15)12-6-10-23-20(21-2)24-14-16-9-11-22-19(13-16)27-3/h4-5,7-9,11,13H,6,10,12,14H2,1-3H3,(H2,21,23,24). The molecule has 0 saturated carbocycles. The molecular formula is C20H26N6O. The van der Waals surface area contributed by atoms with Gasteiger partial charge in [-0.25, -0.2) is 9.97 Å². The molecule has 142 valence electrons. The maximum absolute atomic E-state index is 5.15. The molecule has 0 saturated heterocycles. The second-order valence-corrected chi connectivity index (χ2v) is 6.21. The molecule has 0 bridgehead atoms. The minimum Gasteiger partial charge on any atom is -0.481 e. The Morgan fingerprint density at radius 3 is 2.89 bits per heavy atom. The van der Waals surface area contributed by atoms with Crippen LogP contribution in [0.25, 0.3) is 11.0 Å². The Bertz CT molecular complexity index is 918. The molecule has 0 fully saturated rings. The minimum atomic E-state index is 0.611. The fraction of sp³-hybridized carbons (Fsp3) is 0.350. The number of pyridine rings is 1. The molecule has 0 atom stereocenters. The molecule has 1 aromatic carbocycles. The van der Waals surface area contributed by atoms with Crippen molar-refractivity contribution in [1.82, 2.24) is 25.2 Å². The molecule has 0 unspecified atom stereocenters. The SMILES string of the molecule is CN=C(NCCCn1c(C)nc2ccccc21)NCc1ccnc(OC)c1. The monoisotopic (exact) mass is 366 g/mol. The highest BCUT2D eigenvalue weighted by Gasteiger charge is 2.06. The predicted molar refractivity (Wildman–Crippen MR) is 108 cm³/mol. The highest BCUT2D eigenvalue weighted by atomic mass is 16.5. The second kappa shape index (κ2) is 9.02. The molecule has 0 spiro atoms. The number of ether oxygens (including phenoxy) is 1.